The highest BCUT2D eigenvalue weighted by Gasteiger charge is 2.18. The maximum Gasteiger partial charge on any atom is 0.270 e. The van der Waals surface area contributed by atoms with Crippen LogP contribution >= 0.6 is 0 Å². The molecule has 0 unspecified atom stereocenters. The number of piperazine rings is 1. The van der Waals surface area contributed by atoms with E-state index < -0.39 is 0 Å². The third-order valence-corrected chi connectivity index (χ3v) is 6.91. The number of para-hydroxylation sites is 1. The Morgan fingerprint density at radius 2 is 1.64 bits per heavy atom. The van der Waals surface area contributed by atoms with Gasteiger partial charge in [-0.05, 0) is 56.3 Å². The Balaban J connectivity index is 1.36. The molecule has 5 aromatic rings. The number of rotatable bonds is 4. The lowest BCUT2D eigenvalue weighted by molar-refractivity contribution is 0.313. The third-order valence-electron chi connectivity index (χ3n) is 6.91. The van der Waals surface area contributed by atoms with Crippen molar-refractivity contribution in [3.8, 4) is 5.69 Å². The molecule has 4 heterocycles. The molecule has 0 radical (unpaired) electrons. The number of aryl methyl sites for hydroxylation is 2. The molecule has 3 aromatic heterocycles. The quantitative estimate of drug-likeness (QED) is 0.421. The molecule has 2 aromatic carbocycles. The maximum absolute atomic E-state index is 13.6. The van der Waals surface area contributed by atoms with Crippen molar-refractivity contribution in [1.82, 2.24) is 28.8 Å². The van der Waals surface area contributed by atoms with E-state index in [1.54, 1.807) is 17.0 Å². The van der Waals surface area contributed by atoms with Crippen molar-refractivity contribution in [3.63, 3.8) is 0 Å². The van der Waals surface area contributed by atoms with E-state index in [1.807, 2.05) is 54.8 Å². The molecule has 0 atom stereocenters. The molecule has 9 nitrogen and oxygen atoms in total. The summed E-state index contributed by atoms with van der Waals surface area (Å²) < 4.78 is 3.49. The first-order valence-electron chi connectivity index (χ1n) is 12.1. The van der Waals surface area contributed by atoms with Crippen LogP contribution in [0.2, 0.25) is 0 Å². The zero-order valence-corrected chi connectivity index (χ0v) is 20.6. The van der Waals surface area contributed by atoms with Crippen LogP contribution in [-0.2, 0) is 0 Å². The topological polar surface area (TPSA) is 83.6 Å². The van der Waals surface area contributed by atoms with Crippen molar-refractivity contribution >= 4 is 34.1 Å². The number of nitrogens with one attached hydrogen (secondary N) is 1. The first-order chi connectivity index (χ1) is 17.5. The number of anilines is 3. The summed E-state index contributed by atoms with van der Waals surface area (Å²) in [6.07, 6.45) is 5.10. The van der Waals surface area contributed by atoms with Gasteiger partial charge in [0.05, 0.1) is 5.69 Å². The van der Waals surface area contributed by atoms with Gasteiger partial charge in [0.2, 0.25) is 11.7 Å². The summed E-state index contributed by atoms with van der Waals surface area (Å²) in [7, 11) is 2.16. The number of benzene rings is 2. The molecule has 1 aliphatic heterocycles. The normalized spacial score (nSPS) is 14.6. The van der Waals surface area contributed by atoms with Gasteiger partial charge in [0.25, 0.3) is 5.56 Å². The number of hydrogen-bond acceptors (Lipinski definition) is 7. The molecular formula is C27H28N8O. The average Bonchev–Trinajstić information content (AvgIpc) is 3.37. The van der Waals surface area contributed by atoms with Gasteiger partial charge in [0.15, 0.2) is 5.65 Å². The molecule has 0 aliphatic carbocycles. The molecule has 0 amide bonds. The van der Waals surface area contributed by atoms with Crippen molar-refractivity contribution in [1.29, 1.82) is 0 Å². The molecule has 1 fully saturated rings. The molecule has 1 saturated heterocycles. The minimum absolute atomic E-state index is 0.191. The van der Waals surface area contributed by atoms with Crippen LogP contribution in [0.5, 0.6) is 0 Å². The molecule has 0 saturated carbocycles. The minimum atomic E-state index is -0.191. The summed E-state index contributed by atoms with van der Waals surface area (Å²) in [5.41, 5.74) is 5.26. The molecule has 1 N–H and O–H groups in total. The van der Waals surface area contributed by atoms with E-state index in [2.05, 4.69) is 44.3 Å². The number of nitrogens with zero attached hydrogens (tertiary/aromatic N) is 7. The molecular weight excluding hydrogens is 452 g/mol. The lowest BCUT2D eigenvalue weighted by Crippen LogP contribution is -2.44. The van der Waals surface area contributed by atoms with Crippen molar-refractivity contribution in [2.24, 2.45) is 0 Å². The van der Waals surface area contributed by atoms with Crippen molar-refractivity contribution in [2.45, 2.75) is 13.8 Å². The fraction of sp³-hybridized carbons (Fsp3) is 0.259. The number of aromatic nitrogens is 5. The second kappa shape index (κ2) is 8.76. The van der Waals surface area contributed by atoms with Gasteiger partial charge in [0.1, 0.15) is 5.39 Å². The second-order valence-corrected chi connectivity index (χ2v) is 9.37. The predicted octanol–water partition coefficient (Wildman–Crippen LogP) is 3.54. The molecule has 182 valence electrons. The van der Waals surface area contributed by atoms with Gasteiger partial charge >= 0.3 is 0 Å². The first-order valence-corrected chi connectivity index (χ1v) is 12.1. The van der Waals surface area contributed by atoms with Crippen LogP contribution < -0.4 is 15.8 Å². The Kier molecular flexibility index (Phi) is 5.41. The van der Waals surface area contributed by atoms with Gasteiger partial charge in [0, 0.05) is 56.1 Å². The smallest absolute Gasteiger partial charge is 0.270 e. The highest BCUT2D eigenvalue weighted by atomic mass is 16.1. The van der Waals surface area contributed by atoms with E-state index >= 15 is 0 Å². The standard InChI is InChI=1S/C27H28N8O/c1-18-5-4-6-19(2)23(18)35-25(36)22-17-29-26(31-24(22)34-12-11-28-27(34)35)30-20-7-9-21(10-8-20)33-15-13-32(3)14-16-33/h4-12,17H,13-16H2,1-3H3,(H,29,30,31). The average molecular weight is 481 g/mol. The second-order valence-electron chi connectivity index (χ2n) is 9.37. The molecule has 0 spiro atoms. The Hall–Kier alpha value is -4.24. The number of fused-ring (bicyclic) bond motifs is 3. The van der Waals surface area contributed by atoms with Gasteiger partial charge < -0.3 is 15.1 Å². The summed E-state index contributed by atoms with van der Waals surface area (Å²) in [6, 6.07) is 14.3. The number of likely N-dealkylation sites (N-methyl/N-ethyl adjacent to an activating group) is 1. The third kappa shape index (κ3) is 3.77. The Labute approximate surface area is 208 Å². The van der Waals surface area contributed by atoms with Gasteiger partial charge in [-0.15, -0.1) is 0 Å². The zero-order chi connectivity index (χ0) is 24.8. The van der Waals surface area contributed by atoms with E-state index in [1.165, 1.54) is 5.69 Å². The SMILES string of the molecule is Cc1cccc(C)c1-n1c(=O)c2cnc(Nc3ccc(N4CCN(C)CC4)cc3)nc2n2ccnc12. The highest BCUT2D eigenvalue weighted by Crippen LogP contribution is 2.24. The summed E-state index contributed by atoms with van der Waals surface area (Å²) in [5, 5.41) is 3.71. The predicted molar refractivity (Wildman–Crippen MR) is 143 cm³/mol. The number of hydrogen-bond donors (Lipinski definition) is 1. The van der Waals surface area contributed by atoms with Crippen LogP contribution in [0.15, 0.2) is 65.8 Å². The van der Waals surface area contributed by atoms with Crippen molar-refractivity contribution in [2.75, 3.05) is 43.4 Å². The van der Waals surface area contributed by atoms with E-state index in [4.69, 9.17) is 4.98 Å². The lowest BCUT2D eigenvalue weighted by atomic mass is 10.1. The van der Waals surface area contributed by atoms with Crippen molar-refractivity contribution in [3.05, 3.63) is 82.5 Å². The van der Waals surface area contributed by atoms with Crippen LogP contribution in [-0.4, -0.2) is 62.0 Å². The Morgan fingerprint density at radius 3 is 2.36 bits per heavy atom. The largest absolute Gasteiger partial charge is 0.369 e. The van der Waals surface area contributed by atoms with Crippen molar-refractivity contribution < 1.29 is 0 Å². The fourth-order valence-corrected chi connectivity index (χ4v) is 4.91. The zero-order valence-electron chi connectivity index (χ0n) is 20.6. The van der Waals surface area contributed by atoms with Crippen LogP contribution in [0.4, 0.5) is 17.3 Å². The Morgan fingerprint density at radius 1 is 0.917 bits per heavy atom. The van der Waals surface area contributed by atoms with Crippen LogP contribution in [0, 0.1) is 13.8 Å². The maximum atomic E-state index is 13.6. The van der Waals surface area contributed by atoms with Gasteiger partial charge in [-0.2, -0.15) is 4.98 Å². The summed E-state index contributed by atoms with van der Waals surface area (Å²) in [5.74, 6) is 0.945. The fourth-order valence-electron chi connectivity index (χ4n) is 4.91. The minimum Gasteiger partial charge on any atom is -0.369 e. The molecule has 0 bridgehead atoms. The molecule has 36 heavy (non-hydrogen) atoms. The monoisotopic (exact) mass is 480 g/mol. The van der Waals surface area contributed by atoms with Crippen LogP contribution in [0.1, 0.15) is 11.1 Å². The van der Waals surface area contributed by atoms with Gasteiger partial charge in [-0.1, -0.05) is 18.2 Å². The van der Waals surface area contributed by atoms with Crippen LogP contribution in [0.25, 0.3) is 22.5 Å². The van der Waals surface area contributed by atoms with Gasteiger partial charge in [-0.25, -0.2) is 14.5 Å². The van der Waals surface area contributed by atoms with Crippen LogP contribution in [0.3, 0.4) is 0 Å². The molecule has 1 aliphatic rings. The summed E-state index contributed by atoms with van der Waals surface area (Å²) in [6.45, 7) is 8.18. The van der Waals surface area contributed by atoms with E-state index in [9.17, 15) is 4.79 Å². The molecule has 6 rings (SSSR count). The highest BCUT2D eigenvalue weighted by molar-refractivity contribution is 5.78. The van der Waals surface area contributed by atoms with E-state index in [0.29, 0.717) is 22.8 Å². The molecule has 9 heteroatoms. The van der Waals surface area contributed by atoms with E-state index in [-0.39, 0.29) is 5.56 Å². The number of imidazole rings is 1. The lowest BCUT2D eigenvalue weighted by Gasteiger charge is -2.34. The first kappa shape index (κ1) is 22.2. The van der Waals surface area contributed by atoms with Gasteiger partial charge in [-0.3, -0.25) is 9.20 Å². The van der Waals surface area contributed by atoms with E-state index in [0.717, 1.165) is 48.7 Å². The summed E-state index contributed by atoms with van der Waals surface area (Å²) in [4.78, 5) is 32.0. The Bertz CT molecular complexity index is 1610. The summed E-state index contributed by atoms with van der Waals surface area (Å²) >= 11 is 0.